The van der Waals surface area contributed by atoms with E-state index in [1.54, 1.807) is 0 Å². The molecule has 0 amide bonds. The van der Waals surface area contributed by atoms with Crippen LogP contribution in [-0.4, -0.2) is 70.0 Å². The number of phosphoric ester groups is 1. The Kier molecular flexibility index (Phi) is 72.2. The largest absolute Gasteiger partial charge is 0.756 e. The minimum atomic E-state index is -4.65. The monoisotopic (exact) mass is 1340 g/mol. The summed E-state index contributed by atoms with van der Waals surface area (Å²) in [4.78, 5) is 38.2. The van der Waals surface area contributed by atoms with Gasteiger partial charge in [-0.3, -0.25) is 14.2 Å². The van der Waals surface area contributed by atoms with Crippen molar-refractivity contribution >= 4 is 19.8 Å². The number of unbranched alkanes of at least 4 members (excludes halogenated alkanes) is 47. The predicted molar refractivity (Wildman–Crippen MR) is 406 cm³/mol. The van der Waals surface area contributed by atoms with Crippen molar-refractivity contribution in [2.45, 2.75) is 392 Å². The van der Waals surface area contributed by atoms with Crippen LogP contribution in [0.5, 0.6) is 0 Å². The second kappa shape index (κ2) is 74.4. The highest BCUT2D eigenvalue weighted by Crippen LogP contribution is 2.38. The zero-order valence-electron chi connectivity index (χ0n) is 62.7. The van der Waals surface area contributed by atoms with Crippen LogP contribution in [-0.2, 0) is 32.7 Å². The number of hydrogen-bond acceptors (Lipinski definition) is 8. The van der Waals surface area contributed by atoms with Gasteiger partial charge in [0.1, 0.15) is 19.8 Å². The van der Waals surface area contributed by atoms with E-state index in [0.29, 0.717) is 17.4 Å². The minimum Gasteiger partial charge on any atom is -0.756 e. The number of likely N-dealkylation sites (N-methyl/N-ethyl adjacent to an activating group) is 1. The first-order chi connectivity index (χ1) is 46.0. The van der Waals surface area contributed by atoms with Crippen molar-refractivity contribution in [2.24, 2.45) is 0 Å². The summed E-state index contributed by atoms with van der Waals surface area (Å²) >= 11 is 0. The van der Waals surface area contributed by atoms with Gasteiger partial charge in [-0.2, -0.15) is 0 Å². The third-order valence-corrected chi connectivity index (χ3v) is 18.9. The number of phosphoric acid groups is 1. The molecule has 94 heavy (non-hydrogen) atoms. The fourth-order valence-electron chi connectivity index (χ4n) is 11.8. The van der Waals surface area contributed by atoms with E-state index < -0.39 is 26.5 Å². The van der Waals surface area contributed by atoms with E-state index in [9.17, 15) is 19.0 Å². The van der Waals surface area contributed by atoms with Gasteiger partial charge >= 0.3 is 11.9 Å². The number of ether oxygens (including phenoxy) is 2. The Hall–Kier alpha value is -2.81. The van der Waals surface area contributed by atoms with Crippen molar-refractivity contribution < 1.29 is 42.1 Å². The van der Waals surface area contributed by atoms with Gasteiger partial charge in [0.15, 0.2) is 6.10 Å². The lowest BCUT2D eigenvalue weighted by Crippen LogP contribution is -2.37. The normalized spacial score (nSPS) is 13.5. The molecule has 0 saturated heterocycles. The number of nitrogens with zero attached hydrogens (tertiary/aromatic N) is 1. The molecule has 0 bridgehead atoms. The van der Waals surface area contributed by atoms with E-state index in [1.165, 1.54) is 270 Å². The number of quaternary nitrogens is 1. The number of rotatable bonds is 75. The average Bonchev–Trinajstić information content (AvgIpc) is 1.56. The molecule has 548 valence electrons. The van der Waals surface area contributed by atoms with Crippen LogP contribution in [0, 0.1) is 0 Å². The fraction of sp³-hybridized carbons (Fsp3) is 0.810. The van der Waals surface area contributed by atoms with Gasteiger partial charge in [0.05, 0.1) is 27.7 Å². The summed E-state index contributed by atoms with van der Waals surface area (Å²) in [5.74, 6) is -0.814. The van der Waals surface area contributed by atoms with Crippen LogP contribution in [0.25, 0.3) is 0 Å². The maximum atomic E-state index is 12.9. The Labute approximate surface area is 583 Å². The van der Waals surface area contributed by atoms with Crippen LogP contribution in [0.1, 0.15) is 386 Å². The first-order valence-electron chi connectivity index (χ1n) is 40.3. The van der Waals surface area contributed by atoms with Gasteiger partial charge in [0.25, 0.3) is 7.82 Å². The summed E-state index contributed by atoms with van der Waals surface area (Å²) in [6.07, 6.45) is 103. The van der Waals surface area contributed by atoms with Crippen LogP contribution in [0.2, 0.25) is 0 Å². The van der Waals surface area contributed by atoms with E-state index in [-0.39, 0.29) is 32.0 Å². The summed E-state index contributed by atoms with van der Waals surface area (Å²) < 4.78 is 34.4. The molecule has 9 nitrogen and oxygen atoms in total. The first-order valence-corrected chi connectivity index (χ1v) is 41.8. The molecular weight excluding hydrogens is 1180 g/mol. The summed E-state index contributed by atoms with van der Waals surface area (Å²) in [7, 11) is 1.18. The SMILES string of the molecule is CC/C=C\C/C=C\C/C=C\C/C=C\C/C=C\C/C=C\C/C=C\CCCCCCCCCCCCCCCCCCCC(=O)OC(COC(=O)CCCCCCCCCCCCCCCCCCCCCCCCCCCCCCCCC)COP(=O)([O-])OCC[N+](C)(C)C. The molecule has 10 heteroatoms. The van der Waals surface area contributed by atoms with E-state index >= 15 is 0 Å². The van der Waals surface area contributed by atoms with Crippen molar-refractivity contribution in [3.05, 3.63) is 85.1 Å². The number of carbonyl (C=O) groups excluding carboxylic acids is 2. The van der Waals surface area contributed by atoms with Crippen LogP contribution in [0.15, 0.2) is 85.1 Å². The molecule has 0 fully saturated rings. The Balaban J connectivity index is 3.94. The summed E-state index contributed by atoms with van der Waals surface area (Å²) in [6, 6.07) is 0. The van der Waals surface area contributed by atoms with Crippen molar-refractivity contribution in [2.75, 3.05) is 47.5 Å². The Morgan fingerprint density at radius 3 is 0.904 bits per heavy atom. The van der Waals surface area contributed by atoms with Crippen LogP contribution < -0.4 is 4.89 Å². The maximum absolute atomic E-state index is 12.9. The maximum Gasteiger partial charge on any atom is 0.306 e. The smallest absolute Gasteiger partial charge is 0.306 e. The molecule has 0 N–H and O–H groups in total. The number of hydrogen-bond donors (Lipinski definition) is 0. The molecule has 0 radical (unpaired) electrons. The molecule has 2 atom stereocenters. The highest BCUT2D eigenvalue weighted by atomic mass is 31.2. The van der Waals surface area contributed by atoms with Gasteiger partial charge in [-0.1, -0.05) is 388 Å². The molecule has 0 aromatic rings. The lowest BCUT2D eigenvalue weighted by molar-refractivity contribution is -0.870. The molecular formula is C84H154NO8P. The second-order valence-corrected chi connectivity index (χ2v) is 29.8. The van der Waals surface area contributed by atoms with Crippen LogP contribution >= 0.6 is 7.82 Å². The molecule has 0 rings (SSSR count). The van der Waals surface area contributed by atoms with Crippen molar-refractivity contribution in [1.29, 1.82) is 0 Å². The van der Waals surface area contributed by atoms with Gasteiger partial charge in [-0.25, -0.2) is 0 Å². The van der Waals surface area contributed by atoms with Crippen molar-refractivity contribution in [3.8, 4) is 0 Å². The molecule has 0 aliphatic heterocycles. The number of esters is 2. The van der Waals surface area contributed by atoms with Gasteiger partial charge in [0, 0.05) is 12.8 Å². The molecule has 0 heterocycles. The number of allylic oxidation sites excluding steroid dienone is 14. The van der Waals surface area contributed by atoms with E-state index in [1.807, 2.05) is 21.1 Å². The minimum absolute atomic E-state index is 0.0300. The zero-order valence-corrected chi connectivity index (χ0v) is 63.6. The first kappa shape index (κ1) is 91.2. The van der Waals surface area contributed by atoms with Crippen LogP contribution in [0.3, 0.4) is 0 Å². The summed E-state index contributed by atoms with van der Waals surface area (Å²) in [5, 5.41) is 0. The predicted octanol–water partition coefficient (Wildman–Crippen LogP) is 26.2. The second-order valence-electron chi connectivity index (χ2n) is 28.4. The Morgan fingerprint density at radius 2 is 0.606 bits per heavy atom. The Morgan fingerprint density at radius 1 is 0.340 bits per heavy atom. The lowest BCUT2D eigenvalue weighted by atomic mass is 10.0. The van der Waals surface area contributed by atoms with E-state index in [2.05, 4.69) is 98.9 Å². The zero-order chi connectivity index (χ0) is 68.3. The average molecular weight is 1340 g/mol. The molecule has 0 aromatic carbocycles. The third kappa shape index (κ3) is 78.2. The van der Waals surface area contributed by atoms with E-state index in [0.717, 1.165) is 83.5 Å². The standard InChI is InChI=1S/C84H154NO8P/c1-6-8-10-12-14-16-18-20-22-24-26-28-30-32-34-36-38-39-40-41-42-43-44-45-47-49-51-53-55-57-59-61-63-65-67-69-71-73-75-77-84(87)93-82(81-92-94(88,89)91-79-78-85(3,4)5)80-90-83(86)76-74-72-70-68-66-64-62-60-58-56-54-52-50-48-46-37-35-33-31-29-27-25-23-21-19-17-15-13-11-9-7-2/h8,10,14,16,20,22,26,28,32,34,38-39,41-42,82H,6-7,9,11-13,15,17-19,21,23-25,27,29-31,33,35-37,40,43-81H2,1-5H3/b10-8-,16-14-,22-20-,28-26-,34-32-,39-38-,42-41-. The van der Waals surface area contributed by atoms with Crippen molar-refractivity contribution in [1.82, 2.24) is 0 Å². The van der Waals surface area contributed by atoms with Crippen LogP contribution in [0.4, 0.5) is 0 Å². The molecule has 0 aliphatic carbocycles. The van der Waals surface area contributed by atoms with Gasteiger partial charge in [-0.15, -0.1) is 0 Å². The third-order valence-electron chi connectivity index (χ3n) is 17.9. The highest BCUT2D eigenvalue weighted by Gasteiger charge is 2.22. The van der Waals surface area contributed by atoms with E-state index in [4.69, 9.17) is 18.5 Å². The quantitative estimate of drug-likeness (QED) is 0.0195. The molecule has 0 saturated carbocycles. The highest BCUT2D eigenvalue weighted by molar-refractivity contribution is 7.45. The fourth-order valence-corrected chi connectivity index (χ4v) is 12.5. The Bertz CT molecular complexity index is 1860. The molecule has 0 aromatic heterocycles. The summed E-state index contributed by atoms with van der Waals surface area (Å²) in [6.45, 7) is 4.19. The van der Waals surface area contributed by atoms with Gasteiger partial charge in [0.2, 0.25) is 0 Å². The number of carbonyl (C=O) groups is 2. The lowest BCUT2D eigenvalue weighted by Gasteiger charge is -2.28. The topological polar surface area (TPSA) is 111 Å². The molecule has 0 spiro atoms. The molecule has 2 unspecified atom stereocenters. The van der Waals surface area contributed by atoms with Gasteiger partial charge < -0.3 is 27.9 Å². The molecule has 0 aliphatic rings. The van der Waals surface area contributed by atoms with Gasteiger partial charge in [-0.05, 0) is 70.6 Å². The summed E-state index contributed by atoms with van der Waals surface area (Å²) in [5.41, 5.74) is 0. The van der Waals surface area contributed by atoms with Crippen molar-refractivity contribution in [3.63, 3.8) is 0 Å².